The van der Waals surface area contributed by atoms with Gasteiger partial charge in [-0.05, 0) is 34.1 Å². The zero-order chi connectivity index (χ0) is 29.1. The van der Waals surface area contributed by atoms with Crippen LogP contribution in [-0.2, 0) is 28.0 Å². The van der Waals surface area contributed by atoms with Gasteiger partial charge < -0.3 is 15.1 Å². The number of likely N-dealkylation sites (N-methyl/N-ethyl adjacent to an activating group) is 1. The second kappa shape index (κ2) is 11.6. The number of hydrogen-bond donors (Lipinski definition) is 1. The molecule has 3 aromatic carbocycles. The van der Waals surface area contributed by atoms with E-state index >= 15 is 0 Å². The van der Waals surface area contributed by atoms with E-state index in [1.165, 1.54) is 10.5 Å². The molecule has 0 fully saturated rings. The highest BCUT2D eigenvalue weighted by atomic mass is 16.2. The number of nitrogens with zero attached hydrogens (tertiary/aromatic N) is 3. The predicted octanol–water partition coefficient (Wildman–Crippen LogP) is 5.05. The summed E-state index contributed by atoms with van der Waals surface area (Å²) >= 11 is 0. The van der Waals surface area contributed by atoms with Crippen molar-refractivity contribution in [1.82, 2.24) is 20.0 Å². The fourth-order valence-corrected chi connectivity index (χ4v) is 5.44. The minimum absolute atomic E-state index is 0.00847. The van der Waals surface area contributed by atoms with Gasteiger partial charge in [-0.2, -0.15) is 0 Å². The molecule has 0 aromatic heterocycles. The topological polar surface area (TPSA) is 73.0 Å². The standard InChI is InChI=1S/C34H38N4O3/c1-34(2,3)27-17-15-26(16-18-27)31-30-28(36(4)33(41)35-31)22-38(32(30)40)23-29(39)37(21-25-13-9-6-10-14-25)20-19-24-11-7-5-8-12-24/h5-18,31H,19-23H2,1-4H3,(H,35,41)/t31-/m1/s1. The van der Waals surface area contributed by atoms with Crippen LogP contribution in [0, 0.1) is 0 Å². The molecule has 0 spiro atoms. The maximum Gasteiger partial charge on any atom is 0.322 e. The van der Waals surface area contributed by atoms with Gasteiger partial charge in [-0.1, -0.05) is 106 Å². The highest BCUT2D eigenvalue weighted by molar-refractivity contribution is 6.03. The molecule has 4 amide bonds. The first-order valence-corrected chi connectivity index (χ1v) is 14.1. The molecule has 7 heteroatoms. The van der Waals surface area contributed by atoms with Crippen LogP contribution >= 0.6 is 0 Å². The second-order valence-corrected chi connectivity index (χ2v) is 11.9. The van der Waals surface area contributed by atoms with Gasteiger partial charge in [0.05, 0.1) is 23.9 Å². The van der Waals surface area contributed by atoms with Crippen molar-refractivity contribution in [2.24, 2.45) is 0 Å². The normalized spacial score (nSPS) is 17.0. The zero-order valence-corrected chi connectivity index (χ0v) is 24.3. The van der Waals surface area contributed by atoms with Gasteiger partial charge in [0.25, 0.3) is 5.91 Å². The third-order valence-corrected chi connectivity index (χ3v) is 7.95. The van der Waals surface area contributed by atoms with Gasteiger partial charge in [0, 0.05) is 20.1 Å². The quantitative estimate of drug-likeness (QED) is 0.427. The summed E-state index contributed by atoms with van der Waals surface area (Å²) in [5.41, 5.74) is 5.38. The number of carbonyl (C=O) groups is 3. The van der Waals surface area contributed by atoms with Gasteiger partial charge in [0.2, 0.25) is 5.91 Å². The van der Waals surface area contributed by atoms with Crippen LogP contribution in [0.3, 0.4) is 0 Å². The summed E-state index contributed by atoms with van der Waals surface area (Å²) in [4.78, 5) is 45.3. The van der Waals surface area contributed by atoms with Crippen LogP contribution in [-0.4, -0.2) is 59.2 Å². The maximum atomic E-state index is 13.8. The fraction of sp³-hybridized carbons (Fsp3) is 0.324. The molecule has 1 N–H and O–H groups in total. The first-order chi connectivity index (χ1) is 19.6. The van der Waals surface area contributed by atoms with E-state index in [-0.39, 0.29) is 36.3 Å². The molecule has 5 rings (SSSR count). The number of rotatable bonds is 8. The molecule has 212 valence electrons. The van der Waals surface area contributed by atoms with E-state index in [9.17, 15) is 14.4 Å². The van der Waals surface area contributed by atoms with Crippen molar-refractivity contribution in [2.75, 3.05) is 26.7 Å². The van der Waals surface area contributed by atoms with Crippen LogP contribution in [0.5, 0.6) is 0 Å². The summed E-state index contributed by atoms with van der Waals surface area (Å²) in [5, 5.41) is 3.00. The Morgan fingerprint density at radius 1 is 0.902 bits per heavy atom. The first kappa shape index (κ1) is 28.1. The van der Waals surface area contributed by atoms with Gasteiger partial charge >= 0.3 is 6.03 Å². The summed E-state index contributed by atoms with van der Waals surface area (Å²) in [6, 6.07) is 27.2. The summed E-state index contributed by atoms with van der Waals surface area (Å²) in [6.07, 6.45) is 0.718. The van der Waals surface area contributed by atoms with E-state index in [1.807, 2.05) is 65.6 Å². The Kier molecular flexibility index (Phi) is 7.97. The average Bonchev–Trinajstić information content (AvgIpc) is 3.29. The van der Waals surface area contributed by atoms with E-state index in [0.717, 1.165) is 23.1 Å². The molecule has 7 nitrogen and oxygen atoms in total. The number of hydrogen-bond acceptors (Lipinski definition) is 3. The van der Waals surface area contributed by atoms with Crippen molar-refractivity contribution in [2.45, 2.75) is 45.2 Å². The van der Waals surface area contributed by atoms with Crippen LogP contribution < -0.4 is 5.32 Å². The van der Waals surface area contributed by atoms with E-state index in [1.54, 1.807) is 11.9 Å². The van der Waals surface area contributed by atoms with Gasteiger partial charge in [0.15, 0.2) is 0 Å². The molecule has 0 unspecified atom stereocenters. The van der Waals surface area contributed by atoms with Crippen molar-refractivity contribution in [3.05, 3.63) is 118 Å². The number of urea groups is 1. The molecule has 0 saturated carbocycles. The van der Waals surface area contributed by atoms with Crippen molar-refractivity contribution >= 4 is 17.8 Å². The Morgan fingerprint density at radius 3 is 2.12 bits per heavy atom. The average molecular weight is 551 g/mol. The third-order valence-electron chi connectivity index (χ3n) is 7.95. The smallest absolute Gasteiger partial charge is 0.322 e. The minimum Gasteiger partial charge on any atom is -0.337 e. The van der Waals surface area contributed by atoms with Crippen LogP contribution in [0.25, 0.3) is 0 Å². The Balaban J connectivity index is 1.35. The van der Waals surface area contributed by atoms with Crippen molar-refractivity contribution in [3.8, 4) is 0 Å². The van der Waals surface area contributed by atoms with Crippen LogP contribution in [0.15, 0.2) is 96.2 Å². The Morgan fingerprint density at radius 2 is 1.51 bits per heavy atom. The highest BCUT2D eigenvalue weighted by Gasteiger charge is 2.43. The second-order valence-electron chi connectivity index (χ2n) is 11.9. The highest BCUT2D eigenvalue weighted by Crippen LogP contribution is 2.36. The summed E-state index contributed by atoms with van der Waals surface area (Å²) in [5.74, 6) is -0.334. The Bertz CT molecular complexity index is 1440. The lowest BCUT2D eigenvalue weighted by Gasteiger charge is -2.31. The molecule has 0 bridgehead atoms. The fourth-order valence-electron chi connectivity index (χ4n) is 5.44. The van der Waals surface area contributed by atoms with Gasteiger partial charge in [-0.3, -0.25) is 14.5 Å². The van der Waals surface area contributed by atoms with Crippen LogP contribution in [0.1, 0.15) is 49.1 Å². The molecule has 2 heterocycles. The predicted molar refractivity (Wildman–Crippen MR) is 160 cm³/mol. The molecule has 0 aliphatic carbocycles. The maximum absolute atomic E-state index is 13.8. The molecular weight excluding hydrogens is 512 g/mol. The SMILES string of the molecule is CN1C(=O)N[C@H](c2ccc(C(C)(C)C)cc2)C2=C1CN(CC(=O)N(CCc1ccccc1)Cc1ccccc1)C2=O. The van der Waals surface area contributed by atoms with Gasteiger partial charge in [-0.25, -0.2) is 4.79 Å². The molecule has 41 heavy (non-hydrogen) atoms. The van der Waals surface area contributed by atoms with Crippen molar-refractivity contribution in [3.63, 3.8) is 0 Å². The summed E-state index contributed by atoms with van der Waals surface area (Å²) in [6.45, 7) is 7.62. The number of benzene rings is 3. The van der Waals surface area contributed by atoms with Crippen molar-refractivity contribution < 1.29 is 14.4 Å². The number of carbonyl (C=O) groups excluding carboxylic acids is 3. The Labute approximate surface area is 242 Å². The minimum atomic E-state index is -0.561. The molecule has 2 aliphatic heterocycles. The lowest BCUT2D eigenvalue weighted by Crippen LogP contribution is -2.45. The molecule has 1 atom stereocenters. The molecule has 0 radical (unpaired) electrons. The van der Waals surface area contributed by atoms with E-state index in [0.29, 0.717) is 24.4 Å². The summed E-state index contributed by atoms with van der Waals surface area (Å²) in [7, 11) is 1.67. The largest absolute Gasteiger partial charge is 0.337 e. The van der Waals surface area contributed by atoms with Gasteiger partial charge in [-0.15, -0.1) is 0 Å². The van der Waals surface area contributed by atoms with E-state index < -0.39 is 6.04 Å². The number of nitrogens with one attached hydrogen (secondary N) is 1. The summed E-state index contributed by atoms with van der Waals surface area (Å²) < 4.78 is 0. The number of amides is 4. The lowest BCUT2D eigenvalue weighted by molar-refractivity contribution is -0.138. The van der Waals surface area contributed by atoms with Crippen LogP contribution in [0.2, 0.25) is 0 Å². The molecule has 2 aliphatic rings. The first-order valence-electron chi connectivity index (χ1n) is 14.1. The molecular formula is C34H38N4O3. The molecule has 3 aromatic rings. The van der Waals surface area contributed by atoms with E-state index in [2.05, 4.69) is 50.4 Å². The third kappa shape index (κ3) is 6.19. The Hall–Kier alpha value is -4.39. The zero-order valence-electron chi connectivity index (χ0n) is 24.3. The van der Waals surface area contributed by atoms with Gasteiger partial charge in [0.1, 0.15) is 6.54 Å². The van der Waals surface area contributed by atoms with Crippen molar-refractivity contribution in [1.29, 1.82) is 0 Å². The van der Waals surface area contributed by atoms with E-state index in [4.69, 9.17) is 0 Å². The monoisotopic (exact) mass is 550 g/mol. The van der Waals surface area contributed by atoms with Crippen LogP contribution in [0.4, 0.5) is 4.79 Å². The molecule has 0 saturated heterocycles. The lowest BCUT2D eigenvalue weighted by atomic mass is 9.85.